The zero-order chi connectivity index (χ0) is 13.3. The predicted molar refractivity (Wildman–Crippen MR) is 90.4 cm³/mol. The van der Waals surface area contributed by atoms with E-state index in [1.54, 1.807) is 31.8 Å². The minimum absolute atomic E-state index is 0.377. The summed E-state index contributed by atoms with van der Waals surface area (Å²) < 4.78 is 5.05. The molecular weight excluding hydrogens is 270 g/mol. The van der Waals surface area contributed by atoms with Crippen LogP contribution < -0.4 is 0 Å². The average Bonchev–Trinajstić information content (AvgIpc) is 3.11. The van der Waals surface area contributed by atoms with E-state index in [-0.39, 0.29) is 0 Å². The van der Waals surface area contributed by atoms with Crippen LogP contribution in [0.4, 0.5) is 0 Å². The molecule has 0 aliphatic heterocycles. The van der Waals surface area contributed by atoms with Crippen molar-refractivity contribution in [1.82, 2.24) is 0 Å². The number of hydrogen-bond donors (Lipinski definition) is 0. The van der Waals surface area contributed by atoms with Gasteiger partial charge in [0.25, 0.3) is 0 Å². The van der Waals surface area contributed by atoms with Gasteiger partial charge in [-0.3, -0.25) is 0 Å². The van der Waals surface area contributed by atoms with Crippen molar-refractivity contribution in [2.45, 2.75) is 88.4 Å². The van der Waals surface area contributed by atoms with Gasteiger partial charge in [-0.1, -0.05) is 38.5 Å². The van der Waals surface area contributed by atoms with Crippen molar-refractivity contribution in [3.63, 3.8) is 0 Å². The topological polar surface area (TPSA) is 9.23 Å². The lowest BCUT2D eigenvalue weighted by Gasteiger charge is -2.30. The van der Waals surface area contributed by atoms with Gasteiger partial charge in [0.05, 0.1) is 6.61 Å². The number of hydrogen-bond acceptors (Lipinski definition) is 1. The fraction of sp³-hybridized carbons (Fsp3) is 1.00. The minimum Gasteiger partial charge on any atom is -0.366 e. The van der Waals surface area contributed by atoms with E-state index in [1.165, 1.54) is 51.4 Å². The van der Waals surface area contributed by atoms with E-state index in [2.05, 4.69) is 9.47 Å². The van der Waals surface area contributed by atoms with Gasteiger partial charge in [0.1, 0.15) is 0 Å². The molecule has 0 aromatic carbocycles. The molecule has 0 bridgehead atoms. The molecule has 0 radical (unpaired) electrons. The molecule has 3 heteroatoms. The van der Waals surface area contributed by atoms with Gasteiger partial charge < -0.3 is 4.52 Å². The van der Waals surface area contributed by atoms with E-state index in [4.69, 9.17) is 4.52 Å². The highest BCUT2D eigenvalue weighted by molar-refractivity contribution is 7.59. The second-order valence-corrected chi connectivity index (χ2v) is 9.67. The van der Waals surface area contributed by atoms with Gasteiger partial charge in [-0.05, 0) is 56.0 Å². The first-order valence-corrected chi connectivity index (χ1v) is 10.6. The van der Waals surface area contributed by atoms with Crippen LogP contribution in [0.1, 0.15) is 77.0 Å². The molecule has 0 spiro atoms. The van der Waals surface area contributed by atoms with Gasteiger partial charge >= 0.3 is 0 Å². The molecule has 112 valence electrons. The Balaban J connectivity index is 1.67. The largest absolute Gasteiger partial charge is 0.366 e. The summed E-state index contributed by atoms with van der Waals surface area (Å²) in [6.07, 6.45) is 19.5. The van der Waals surface area contributed by atoms with E-state index in [0.717, 1.165) is 17.9 Å². The third-order valence-corrected chi connectivity index (χ3v) is 8.99. The predicted octanol–water partition coefficient (Wildman–Crippen LogP) is 5.72. The van der Waals surface area contributed by atoms with Gasteiger partial charge in [0.15, 0.2) is 0 Å². The van der Waals surface area contributed by atoms with Crippen LogP contribution in [-0.2, 0) is 4.52 Å². The van der Waals surface area contributed by atoms with Crippen molar-refractivity contribution in [3.05, 3.63) is 0 Å². The van der Waals surface area contributed by atoms with Gasteiger partial charge in [0, 0.05) is 9.47 Å². The maximum absolute atomic E-state index is 5.05. The van der Waals surface area contributed by atoms with Crippen molar-refractivity contribution >= 4 is 17.4 Å². The monoisotopic (exact) mass is 302 g/mol. The van der Waals surface area contributed by atoms with E-state index in [0.29, 0.717) is 7.92 Å². The molecule has 0 heterocycles. The molecule has 0 aromatic heterocycles. The van der Waals surface area contributed by atoms with E-state index in [9.17, 15) is 0 Å². The van der Waals surface area contributed by atoms with Crippen LogP contribution in [0, 0.1) is 0 Å². The number of unbranched alkanes of at least 4 members (excludes halogenated alkanes) is 3. The Labute approximate surface area is 123 Å². The molecule has 1 nitrogen and oxygen atoms in total. The fourth-order valence-electron chi connectivity index (χ4n) is 3.97. The van der Waals surface area contributed by atoms with Gasteiger partial charge in [0.2, 0.25) is 0 Å². The Morgan fingerprint density at radius 2 is 1.32 bits per heavy atom. The van der Waals surface area contributed by atoms with E-state index in [1.807, 2.05) is 0 Å². The van der Waals surface area contributed by atoms with Crippen LogP contribution in [0.25, 0.3) is 0 Å². The van der Waals surface area contributed by atoms with Crippen molar-refractivity contribution in [2.24, 2.45) is 0 Å². The molecule has 0 aromatic rings. The van der Waals surface area contributed by atoms with Gasteiger partial charge in [-0.25, -0.2) is 0 Å². The molecule has 1 unspecified atom stereocenters. The van der Waals surface area contributed by atoms with Crippen LogP contribution in [0.3, 0.4) is 0 Å². The summed E-state index contributed by atoms with van der Waals surface area (Å²) in [5.74, 6) is 0. The SMILES string of the molecule is POCCCCCCP(C1CCCC1)C1CCCC1. The number of rotatable bonds is 9. The lowest BCUT2D eigenvalue weighted by atomic mass is 10.2. The maximum atomic E-state index is 5.05. The smallest absolute Gasteiger partial charge is 0.0501 e. The molecule has 1 atom stereocenters. The Kier molecular flexibility index (Phi) is 8.27. The molecule has 2 aliphatic rings. The van der Waals surface area contributed by atoms with Gasteiger partial charge in [-0.2, -0.15) is 0 Å². The highest BCUT2D eigenvalue weighted by Crippen LogP contribution is 2.57. The molecule has 0 amide bonds. The normalized spacial score (nSPS) is 21.8. The van der Waals surface area contributed by atoms with Crippen LogP contribution in [0.5, 0.6) is 0 Å². The second kappa shape index (κ2) is 9.70. The van der Waals surface area contributed by atoms with Crippen molar-refractivity contribution in [3.8, 4) is 0 Å². The van der Waals surface area contributed by atoms with Crippen LogP contribution >= 0.6 is 17.4 Å². The standard InChI is InChI=1S/C16H32OP2/c18-17-13-7-1-2-8-14-19(15-9-3-4-10-15)16-11-5-6-12-16/h15-16H,1-14,18H2. The molecule has 2 aliphatic carbocycles. The van der Waals surface area contributed by atoms with Crippen molar-refractivity contribution in [1.29, 1.82) is 0 Å². The Hall–Kier alpha value is 0.820. The lowest BCUT2D eigenvalue weighted by Crippen LogP contribution is -2.12. The van der Waals surface area contributed by atoms with Crippen molar-refractivity contribution in [2.75, 3.05) is 12.8 Å². The molecular formula is C16H32OP2. The maximum Gasteiger partial charge on any atom is 0.0501 e. The Morgan fingerprint density at radius 3 is 1.84 bits per heavy atom. The molecule has 2 fully saturated rings. The molecule has 2 saturated carbocycles. The first-order chi connectivity index (χ1) is 9.42. The van der Waals surface area contributed by atoms with Gasteiger partial charge in [-0.15, -0.1) is 7.92 Å². The Morgan fingerprint density at radius 1 is 0.789 bits per heavy atom. The highest BCUT2D eigenvalue weighted by Gasteiger charge is 2.31. The summed E-state index contributed by atoms with van der Waals surface area (Å²) in [5.41, 5.74) is 2.32. The third-order valence-electron chi connectivity index (χ3n) is 5.02. The van der Waals surface area contributed by atoms with Crippen LogP contribution in [0.2, 0.25) is 0 Å². The molecule has 2 rings (SSSR count). The summed E-state index contributed by atoms with van der Waals surface area (Å²) >= 11 is 0. The fourth-order valence-corrected chi connectivity index (χ4v) is 8.11. The van der Waals surface area contributed by atoms with E-state index >= 15 is 0 Å². The first kappa shape index (κ1) is 16.2. The van der Waals surface area contributed by atoms with Crippen LogP contribution in [-0.4, -0.2) is 24.1 Å². The lowest BCUT2D eigenvalue weighted by molar-refractivity contribution is 0.354. The zero-order valence-corrected chi connectivity index (χ0v) is 14.5. The minimum atomic E-state index is 0.377. The van der Waals surface area contributed by atoms with Crippen LogP contribution in [0.15, 0.2) is 0 Å². The van der Waals surface area contributed by atoms with Crippen molar-refractivity contribution < 1.29 is 4.52 Å². The molecule has 19 heavy (non-hydrogen) atoms. The average molecular weight is 302 g/mol. The Bertz CT molecular complexity index is 207. The summed E-state index contributed by atoms with van der Waals surface area (Å²) in [5, 5.41) is 0. The summed E-state index contributed by atoms with van der Waals surface area (Å²) in [7, 11) is 2.74. The third kappa shape index (κ3) is 5.61. The molecule has 0 saturated heterocycles. The second-order valence-electron chi connectivity index (χ2n) is 6.40. The summed E-state index contributed by atoms with van der Waals surface area (Å²) in [6, 6.07) is 0. The van der Waals surface area contributed by atoms with E-state index < -0.39 is 0 Å². The summed E-state index contributed by atoms with van der Waals surface area (Å²) in [6.45, 7) is 0.921. The highest BCUT2D eigenvalue weighted by atomic mass is 31.1. The quantitative estimate of drug-likeness (QED) is 0.391. The zero-order valence-electron chi connectivity index (χ0n) is 12.5. The summed E-state index contributed by atoms with van der Waals surface area (Å²) in [4.78, 5) is 0. The molecule has 0 N–H and O–H groups in total. The first-order valence-electron chi connectivity index (χ1n) is 8.49.